The first-order valence-corrected chi connectivity index (χ1v) is 13.9. The highest BCUT2D eigenvalue weighted by Gasteiger charge is 2.27. The fraction of sp³-hybridized carbons (Fsp3) is 0.188. The van der Waals surface area contributed by atoms with Gasteiger partial charge in [-0.1, -0.05) is 135 Å². The van der Waals surface area contributed by atoms with Gasteiger partial charge in [0.1, 0.15) is 0 Å². The van der Waals surface area contributed by atoms with Crippen molar-refractivity contribution in [3.05, 3.63) is 121 Å². The molecule has 0 spiro atoms. The first kappa shape index (κ1) is 23.8. The van der Waals surface area contributed by atoms with Crippen LogP contribution in [0.15, 0.2) is 120 Å². The van der Waals surface area contributed by atoms with E-state index in [1.807, 2.05) is 0 Å². The molecule has 0 unspecified atom stereocenters. The Morgan fingerprint density at radius 2 is 1.09 bits per heavy atom. The van der Waals surface area contributed by atoms with E-state index in [9.17, 15) is 0 Å². The van der Waals surface area contributed by atoms with E-state index in [4.69, 9.17) is 4.74 Å². The minimum atomic E-state index is -2.28. The molecule has 1 nitrogen and oxygen atoms in total. The van der Waals surface area contributed by atoms with Gasteiger partial charge in [-0.25, -0.2) is 0 Å². The third kappa shape index (κ3) is 5.59. The van der Waals surface area contributed by atoms with Crippen LogP contribution in [0.2, 0.25) is 0 Å². The third-order valence-electron chi connectivity index (χ3n) is 5.95. The summed E-state index contributed by atoms with van der Waals surface area (Å²) in [5, 5.41) is 3.77. The molecule has 4 aromatic carbocycles. The Morgan fingerprint density at radius 3 is 1.62 bits per heavy atom. The summed E-state index contributed by atoms with van der Waals surface area (Å²) in [6.45, 7) is 2.23. The lowest BCUT2D eigenvalue weighted by atomic mass is 10.1. The van der Waals surface area contributed by atoms with Crippen molar-refractivity contribution in [1.29, 1.82) is 0 Å². The first-order valence-electron chi connectivity index (χ1n) is 12.2. The zero-order valence-corrected chi connectivity index (χ0v) is 20.8. The second-order valence-electron chi connectivity index (χ2n) is 8.36. The highest BCUT2D eigenvalue weighted by Crippen LogP contribution is 2.49. The van der Waals surface area contributed by atoms with Crippen LogP contribution in [-0.2, 0) is 6.42 Å². The molecule has 4 rings (SSSR count). The summed E-state index contributed by atoms with van der Waals surface area (Å²) in [7, 11) is -2.28. The van der Waals surface area contributed by atoms with Crippen LogP contribution >= 0.6 is 7.05 Å². The largest absolute Gasteiger partial charge is 0.254 e. The second kappa shape index (κ2) is 12.2. The molecule has 0 atom stereocenters. The van der Waals surface area contributed by atoms with E-state index >= 15 is 0 Å². The van der Waals surface area contributed by atoms with Crippen molar-refractivity contribution in [1.82, 2.24) is 0 Å². The summed E-state index contributed by atoms with van der Waals surface area (Å²) in [5.41, 5.74) is 2.23. The van der Waals surface area contributed by atoms with E-state index in [2.05, 4.69) is 134 Å². The van der Waals surface area contributed by atoms with Crippen LogP contribution in [0.3, 0.4) is 0 Å². The van der Waals surface area contributed by atoms with Crippen LogP contribution < -0.4 is 15.9 Å². The van der Waals surface area contributed by atoms with E-state index in [-0.39, 0.29) is 0 Å². The first-order chi connectivity index (χ1) is 16.8. The molecular formula is C32H32NP. The van der Waals surface area contributed by atoms with Gasteiger partial charge in [0.05, 0.1) is 12.7 Å². The normalized spacial score (nSPS) is 10.9. The quantitative estimate of drug-likeness (QED) is 0.145. The molecule has 34 heavy (non-hydrogen) atoms. The number of hydrogen-bond acceptors (Lipinski definition) is 1. The highest BCUT2D eigenvalue weighted by molar-refractivity contribution is 7.87. The van der Waals surface area contributed by atoms with Crippen LogP contribution in [0.1, 0.15) is 38.2 Å². The van der Waals surface area contributed by atoms with Gasteiger partial charge < -0.3 is 0 Å². The van der Waals surface area contributed by atoms with Crippen molar-refractivity contribution >= 4 is 28.7 Å². The molecule has 0 heterocycles. The number of rotatable bonds is 8. The monoisotopic (exact) mass is 461 g/mol. The molecule has 0 aromatic heterocycles. The molecule has 4 aromatic rings. The zero-order chi connectivity index (χ0) is 23.5. The molecule has 0 saturated carbocycles. The van der Waals surface area contributed by atoms with Crippen LogP contribution in [0.5, 0.6) is 0 Å². The van der Waals surface area contributed by atoms with Crippen LogP contribution in [0.4, 0.5) is 5.69 Å². The maximum absolute atomic E-state index is 5.67. The summed E-state index contributed by atoms with van der Waals surface area (Å²) in [4.78, 5) is 0. The molecule has 0 fully saturated rings. The number of nitrogens with zero attached hydrogens (tertiary/aromatic N) is 1. The van der Waals surface area contributed by atoms with Gasteiger partial charge >= 0.3 is 0 Å². The molecule has 0 saturated heterocycles. The average molecular weight is 462 g/mol. The maximum Gasteiger partial charge on any atom is 0.0666 e. The van der Waals surface area contributed by atoms with Crippen molar-refractivity contribution in [3.8, 4) is 11.8 Å². The molecule has 0 bridgehead atoms. The summed E-state index contributed by atoms with van der Waals surface area (Å²) in [6.07, 6.45) is 5.36. The SMILES string of the molecule is CCCCCC#CCc1ccccc1N=P(c1ccccc1)(c1ccccc1)c1ccccc1. The minimum Gasteiger partial charge on any atom is -0.254 e. The molecular weight excluding hydrogens is 429 g/mol. The number of hydrogen-bond donors (Lipinski definition) is 0. The van der Waals surface area contributed by atoms with Crippen molar-refractivity contribution in [2.75, 3.05) is 0 Å². The third-order valence-corrected chi connectivity index (χ3v) is 9.60. The Balaban J connectivity index is 1.90. The molecule has 2 heteroatoms. The molecule has 0 amide bonds. The predicted octanol–water partition coefficient (Wildman–Crippen LogP) is 7.62. The van der Waals surface area contributed by atoms with Crippen molar-refractivity contribution in [2.24, 2.45) is 4.74 Å². The fourth-order valence-electron chi connectivity index (χ4n) is 4.18. The average Bonchev–Trinajstić information content (AvgIpc) is 2.91. The molecule has 0 aliphatic carbocycles. The van der Waals surface area contributed by atoms with Gasteiger partial charge in [0.2, 0.25) is 0 Å². The fourth-order valence-corrected chi connectivity index (χ4v) is 7.75. The Kier molecular flexibility index (Phi) is 8.56. The minimum absolute atomic E-state index is 0.726. The number of unbranched alkanes of at least 4 members (excludes halogenated alkanes) is 3. The summed E-state index contributed by atoms with van der Waals surface area (Å²) >= 11 is 0. The van der Waals surface area contributed by atoms with E-state index < -0.39 is 7.05 Å². The van der Waals surface area contributed by atoms with Crippen molar-refractivity contribution < 1.29 is 0 Å². The standard InChI is InChI=1S/C32H32NP/c1-2-3-4-5-6-10-19-28-20-17-18-27-32(28)33-34(29-21-11-7-12-22-29,30-23-13-8-14-24-30)31-25-15-9-16-26-31/h7-9,11-18,20-27H,2-5,19H2,1H3. The van der Waals surface area contributed by atoms with Gasteiger partial charge in [0.25, 0.3) is 0 Å². The van der Waals surface area contributed by atoms with E-state index in [0.717, 1.165) is 18.5 Å². The molecule has 170 valence electrons. The van der Waals surface area contributed by atoms with Gasteiger partial charge in [0, 0.05) is 28.8 Å². The summed E-state index contributed by atoms with van der Waals surface area (Å²) in [5.74, 6) is 6.78. The Morgan fingerprint density at radius 1 is 0.588 bits per heavy atom. The lowest BCUT2D eigenvalue weighted by Crippen LogP contribution is -2.25. The molecule has 0 aliphatic rings. The smallest absolute Gasteiger partial charge is 0.0666 e. The van der Waals surface area contributed by atoms with Gasteiger partial charge in [-0.2, -0.15) is 0 Å². The predicted molar refractivity (Wildman–Crippen MR) is 149 cm³/mol. The van der Waals surface area contributed by atoms with Gasteiger partial charge in [0.15, 0.2) is 0 Å². The second-order valence-corrected chi connectivity index (χ2v) is 11.4. The van der Waals surface area contributed by atoms with Gasteiger partial charge in [-0.15, -0.1) is 5.92 Å². The Labute approximate surface area is 205 Å². The van der Waals surface area contributed by atoms with Crippen LogP contribution in [0.25, 0.3) is 0 Å². The van der Waals surface area contributed by atoms with Crippen LogP contribution in [0, 0.1) is 11.8 Å². The summed E-state index contributed by atoms with van der Waals surface area (Å²) < 4.78 is 5.67. The molecule has 0 N–H and O–H groups in total. The topological polar surface area (TPSA) is 12.4 Å². The van der Waals surface area contributed by atoms with E-state index in [1.165, 1.54) is 40.7 Å². The maximum atomic E-state index is 5.67. The molecule has 0 aliphatic heterocycles. The van der Waals surface area contributed by atoms with E-state index in [0.29, 0.717) is 0 Å². The number of benzene rings is 4. The highest BCUT2D eigenvalue weighted by atomic mass is 31.2. The van der Waals surface area contributed by atoms with Gasteiger partial charge in [-0.3, -0.25) is 4.74 Å². The Bertz CT molecular complexity index is 1180. The molecule has 0 radical (unpaired) electrons. The van der Waals surface area contributed by atoms with Crippen molar-refractivity contribution in [2.45, 2.75) is 39.0 Å². The van der Waals surface area contributed by atoms with E-state index in [1.54, 1.807) is 0 Å². The lowest BCUT2D eigenvalue weighted by Gasteiger charge is -2.27. The van der Waals surface area contributed by atoms with Crippen LogP contribution in [-0.4, -0.2) is 0 Å². The lowest BCUT2D eigenvalue weighted by molar-refractivity contribution is 0.737. The summed E-state index contributed by atoms with van der Waals surface area (Å²) in [6, 6.07) is 40.9. The van der Waals surface area contributed by atoms with Crippen molar-refractivity contribution in [3.63, 3.8) is 0 Å². The zero-order valence-electron chi connectivity index (χ0n) is 19.9. The van der Waals surface area contributed by atoms with Gasteiger partial charge in [-0.05, 0) is 18.1 Å². The Hall–Kier alpha value is -3.33.